The van der Waals surface area contributed by atoms with E-state index in [1.807, 2.05) is 0 Å². The van der Waals surface area contributed by atoms with Gasteiger partial charge in [0.15, 0.2) is 11.9 Å². The molecule has 0 bridgehead atoms. The number of rotatable bonds is 25. The molecule has 0 saturated carbocycles. The summed E-state index contributed by atoms with van der Waals surface area (Å²) in [7, 11) is 0. The molecule has 0 saturated heterocycles. The van der Waals surface area contributed by atoms with Crippen molar-refractivity contribution >= 4 is 59.2 Å². The van der Waals surface area contributed by atoms with Crippen molar-refractivity contribution in [1.82, 2.24) is 42.5 Å². The maximum atomic E-state index is 13.6. The van der Waals surface area contributed by atoms with Crippen LogP contribution in [0.3, 0.4) is 0 Å². The third-order valence-corrected chi connectivity index (χ3v) is 7.26. The molecule has 0 rings (SSSR count). The lowest BCUT2D eigenvalue weighted by Gasteiger charge is -2.26. The predicted molar refractivity (Wildman–Crippen MR) is 188 cm³/mol. The SMILES string of the molecule is C[C@H](N)C(=O)N[C@@H](CCCNC(=N)N)C(=O)N[C@@H](CCC(N)=O)C(=O)N[C@@H](CCCNC(=N)N)C(=O)N[C@@H](C)C(=O)N[C@@H](CO)C(=O)N[C@@H](C)C(=O)O. The zero-order valence-electron chi connectivity index (χ0n) is 29.9. The highest BCUT2D eigenvalue weighted by Crippen LogP contribution is 2.06. The Bertz CT molecular complexity index is 1330. The van der Waals surface area contributed by atoms with Crippen LogP contribution < -0.4 is 65.5 Å². The molecule has 0 aliphatic rings. The van der Waals surface area contributed by atoms with Gasteiger partial charge in [-0.15, -0.1) is 0 Å². The van der Waals surface area contributed by atoms with Gasteiger partial charge in [-0.2, -0.15) is 0 Å². The van der Waals surface area contributed by atoms with Gasteiger partial charge < -0.3 is 75.7 Å². The Morgan fingerprint density at radius 1 is 0.566 bits per heavy atom. The van der Waals surface area contributed by atoms with E-state index in [0.717, 1.165) is 0 Å². The number of carboxylic acid groups (broad SMARTS) is 1. The molecule has 7 amide bonds. The number of hydrogen-bond acceptors (Lipinski definition) is 12. The molecule has 0 spiro atoms. The summed E-state index contributed by atoms with van der Waals surface area (Å²) >= 11 is 0. The maximum Gasteiger partial charge on any atom is 0.325 e. The number of carbonyl (C=O) groups is 8. The number of amides is 7. The van der Waals surface area contributed by atoms with E-state index in [1.165, 1.54) is 20.8 Å². The summed E-state index contributed by atoms with van der Waals surface area (Å²) in [6.07, 6.45) is -0.405. The van der Waals surface area contributed by atoms with Crippen molar-refractivity contribution in [3.63, 3.8) is 0 Å². The van der Waals surface area contributed by atoms with Crippen LogP contribution in [0.15, 0.2) is 0 Å². The first-order valence-electron chi connectivity index (χ1n) is 16.6. The summed E-state index contributed by atoms with van der Waals surface area (Å²) < 4.78 is 0. The summed E-state index contributed by atoms with van der Waals surface area (Å²) in [5.74, 6) is -8.20. The first-order chi connectivity index (χ1) is 24.7. The number of nitrogens with two attached hydrogens (primary N) is 4. The predicted octanol–water partition coefficient (Wildman–Crippen LogP) is -6.85. The van der Waals surface area contributed by atoms with Crippen LogP contribution in [-0.4, -0.2) is 131 Å². The van der Waals surface area contributed by atoms with Gasteiger partial charge in [-0.25, -0.2) is 0 Å². The molecular weight excluding hydrogens is 704 g/mol. The van der Waals surface area contributed by atoms with E-state index in [2.05, 4.69) is 42.5 Å². The highest BCUT2D eigenvalue weighted by molar-refractivity contribution is 5.97. The summed E-state index contributed by atoms with van der Waals surface area (Å²) in [6.45, 7) is 3.13. The second kappa shape index (κ2) is 24.4. The van der Waals surface area contributed by atoms with Gasteiger partial charge in [0, 0.05) is 19.5 Å². The zero-order valence-corrected chi connectivity index (χ0v) is 29.9. The third-order valence-electron chi connectivity index (χ3n) is 7.26. The second-order valence-electron chi connectivity index (χ2n) is 12.0. The molecule has 7 atom stereocenters. The monoisotopic (exact) mass is 758 g/mol. The van der Waals surface area contributed by atoms with Crippen LogP contribution in [0.5, 0.6) is 0 Å². The van der Waals surface area contributed by atoms with E-state index in [4.69, 9.17) is 38.9 Å². The van der Waals surface area contributed by atoms with Gasteiger partial charge >= 0.3 is 5.97 Å². The summed E-state index contributed by atoms with van der Waals surface area (Å²) in [4.78, 5) is 101. The van der Waals surface area contributed by atoms with Gasteiger partial charge in [-0.1, -0.05) is 0 Å². The molecule has 53 heavy (non-hydrogen) atoms. The molecule has 0 fully saturated rings. The molecule has 0 unspecified atom stereocenters. The molecule has 0 aliphatic heterocycles. The normalized spacial score (nSPS) is 14.6. The average molecular weight is 759 g/mol. The minimum atomic E-state index is -1.57. The Hall–Kier alpha value is -5.78. The topological polar surface area (TPSA) is 425 Å². The lowest BCUT2D eigenvalue weighted by molar-refractivity contribution is -0.142. The minimum Gasteiger partial charge on any atom is -0.480 e. The lowest BCUT2D eigenvalue weighted by Crippen LogP contribution is -2.59. The molecule has 24 nitrogen and oxygen atoms in total. The fourth-order valence-corrected chi connectivity index (χ4v) is 4.25. The first-order valence-corrected chi connectivity index (χ1v) is 16.6. The van der Waals surface area contributed by atoms with Gasteiger partial charge in [0.1, 0.15) is 36.3 Å². The Labute approximate surface area is 305 Å². The van der Waals surface area contributed by atoms with Gasteiger partial charge in [0.05, 0.1) is 12.6 Å². The number of aliphatic hydroxyl groups is 1. The van der Waals surface area contributed by atoms with E-state index in [1.54, 1.807) is 0 Å². The van der Waals surface area contributed by atoms with Gasteiger partial charge in [-0.05, 0) is 52.9 Å². The Morgan fingerprint density at radius 3 is 1.34 bits per heavy atom. The van der Waals surface area contributed by atoms with Crippen LogP contribution in [0.4, 0.5) is 0 Å². The van der Waals surface area contributed by atoms with Crippen molar-refractivity contribution in [3.8, 4) is 0 Å². The van der Waals surface area contributed by atoms with Crippen molar-refractivity contribution < 1.29 is 48.6 Å². The molecule has 24 heteroatoms. The molecule has 20 N–H and O–H groups in total. The number of guanidine groups is 2. The molecule has 0 aliphatic carbocycles. The number of hydrogen-bond donors (Lipinski definition) is 16. The molecular formula is C29H54N14O10. The highest BCUT2D eigenvalue weighted by Gasteiger charge is 2.32. The van der Waals surface area contributed by atoms with E-state index in [9.17, 15) is 43.5 Å². The second-order valence-corrected chi connectivity index (χ2v) is 12.0. The van der Waals surface area contributed by atoms with Gasteiger partial charge in [0.25, 0.3) is 0 Å². The fourth-order valence-electron chi connectivity index (χ4n) is 4.25. The van der Waals surface area contributed by atoms with Crippen molar-refractivity contribution in [2.45, 2.75) is 102 Å². The summed E-state index contributed by atoms with van der Waals surface area (Å²) in [5.41, 5.74) is 21.5. The van der Waals surface area contributed by atoms with Crippen LogP contribution in [-0.2, 0) is 38.4 Å². The number of aliphatic carboxylic acids is 1. The maximum absolute atomic E-state index is 13.6. The average Bonchev–Trinajstić information content (AvgIpc) is 3.06. The largest absolute Gasteiger partial charge is 0.480 e. The molecule has 0 aromatic heterocycles. The van der Waals surface area contributed by atoms with Crippen LogP contribution in [0.25, 0.3) is 0 Å². The number of aliphatic hydroxyl groups excluding tert-OH is 1. The van der Waals surface area contributed by atoms with Gasteiger partial charge in [-0.3, -0.25) is 49.2 Å². The number of carboxylic acids is 1. The molecule has 0 aromatic rings. The van der Waals surface area contributed by atoms with E-state index >= 15 is 0 Å². The Balaban J connectivity index is 6.08. The first kappa shape index (κ1) is 47.2. The third kappa shape index (κ3) is 20.0. The lowest BCUT2D eigenvalue weighted by atomic mass is 10.0. The summed E-state index contributed by atoms with van der Waals surface area (Å²) in [5, 5.41) is 52.3. The Kier molecular flexibility index (Phi) is 21.8. The molecule has 0 aromatic carbocycles. The minimum absolute atomic E-state index is 0.0141. The standard InChI is InChI=1S/C29H54N14O10/c1-13(30)21(46)40-17(7-5-11-37-29(34)35)24(49)42-18(8-9-20(31)45)25(50)41-16(6-4-10-36-28(32)33)23(48)38-14(2)22(47)43-19(12-44)26(51)39-15(3)27(52)53/h13-19,44H,4-12,30H2,1-3H3,(H2,31,45)(H,38,48)(H,39,51)(H,40,46)(H,41,50)(H,42,49)(H,43,47)(H,52,53)(H4,32,33,36)(H4,34,35,37)/t13-,14-,15-,16-,17-,18-,19-/m0/s1. The van der Waals surface area contributed by atoms with E-state index < -0.39 is 96.2 Å². The van der Waals surface area contributed by atoms with Crippen LogP contribution in [0.1, 0.15) is 59.3 Å². The molecule has 0 radical (unpaired) electrons. The smallest absolute Gasteiger partial charge is 0.325 e. The fraction of sp³-hybridized carbons (Fsp3) is 0.655. The highest BCUT2D eigenvalue weighted by atomic mass is 16.4. The van der Waals surface area contributed by atoms with Crippen molar-refractivity contribution in [1.29, 1.82) is 10.8 Å². The zero-order chi connectivity index (χ0) is 40.8. The van der Waals surface area contributed by atoms with E-state index in [-0.39, 0.29) is 63.5 Å². The molecule has 300 valence electrons. The number of primary amides is 1. The van der Waals surface area contributed by atoms with Crippen LogP contribution >= 0.6 is 0 Å². The quantitative estimate of drug-likeness (QED) is 0.0234. The van der Waals surface area contributed by atoms with E-state index in [0.29, 0.717) is 0 Å². The number of carbonyl (C=O) groups excluding carboxylic acids is 7. The van der Waals surface area contributed by atoms with Crippen molar-refractivity contribution in [2.24, 2.45) is 22.9 Å². The number of nitrogens with one attached hydrogen (secondary N) is 10. The van der Waals surface area contributed by atoms with Crippen molar-refractivity contribution in [2.75, 3.05) is 19.7 Å². The van der Waals surface area contributed by atoms with Crippen molar-refractivity contribution in [3.05, 3.63) is 0 Å². The molecule has 0 heterocycles. The summed E-state index contributed by atoms with van der Waals surface area (Å²) in [6, 6.07) is -9.35. The Morgan fingerprint density at radius 2 is 0.943 bits per heavy atom. The van der Waals surface area contributed by atoms with Gasteiger partial charge in [0.2, 0.25) is 41.4 Å². The van der Waals surface area contributed by atoms with Crippen LogP contribution in [0.2, 0.25) is 0 Å². The van der Waals surface area contributed by atoms with Crippen LogP contribution in [0, 0.1) is 10.8 Å².